The lowest BCUT2D eigenvalue weighted by atomic mass is 9.96. The van der Waals surface area contributed by atoms with Gasteiger partial charge in [-0.05, 0) is 13.8 Å². The molecule has 1 rings (SSSR count). The summed E-state index contributed by atoms with van der Waals surface area (Å²) in [5.41, 5.74) is 0. The Bertz CT molecular complexity index is 653. The van der Waals surface area contributed by atoms with Crippen molar-refractivity contribution in [3.63, 3.8) is 0 Å². The topological polar surface area (TPSA) is 126 Å². The molecule has 0 aliphatic carbocycles. The first-order valence-electron chi connectivity index (χ1n) is 8.88. The first kappa shape index (κ1) is 25.6. The average molecular weight is 443 g/mol. The molecule has 0 saturated carbocycles. The van der Waals surface area contributed by atoms with Crippen molar-refractivity contribution in [2.75, 3.05) is 6.61 Å². The first-order chi connectivity index (χ1) is 13.7. The van der Waals surface area contributed by atoms with Crippen LogP contribution >= 0.6 is 0 Å². The molecule has 1 fully saturated rings. The van der Waals surface area contributed by atoms with E-state index in [-0.39, 0.29) is 0 Å². The number of hydrogen-bond donors (Lipinski definition) is 1. The third-order valence-corrected chi connectivity index (χ3v) is 3.66. The number of esters is 3. The molecule has 30 heavy (non-hydrogen) atoms. The highest BCUT2D eigenvalue weighted by Crippen LogP contribution is 2.29. The molecule has 1 aliphatic rings. The van der Waals surface area contributed by atoms with E-state index >= 15 is 0 Å². The molecule has 1 heterocycles. The van der Waals surface area contributed by atoms with Crippen molar-refractivity contribution in [3.8, 4) is 0 Å². The highest BCUT2D eigenvalue weighted by molar-refractivity contribution is 5.82. The fraction of sp³-hybridized carbons (Fsp3) is 0.765. The van der Waals surface area contributed by atoms with Gasteiger partial charge in [0.25, 0.3) is 0 Å². The Morgan fingerprint density at radius 1 is 0.967 bits per heavy atom. The van der Waals surface area contributed by atoms with Gasteiger partial charge in [-0.15, -0.1) is 0 Å². The highest BCUT2D eigenvalue weighted by atomic mass is 19.4. The molecule has 13 heteroatoms. The van der Waals surface area contributed by atoms with Crippen LogP contribution in [0.15, 0.2) is 0 Å². The van der Waals surface area contributed by atoms with Crippen LogP contribution in [0.1, 0.15) is 34.6 Å². The Morgan fingerprint density at radius 3 is 1.93 bits per heavy atom. The zero-order valence-electron chi connectivity index (χ0n) is 17.0. The molecule has 0 radical (unpaired) electrons. The third-order valence-electron chi connectivity index (χ3n) is 3.66. The summed E-state index contributed by atoms with van der Waals surface area (Å²) >= 11 is 0. The molecule has 172 valence electrons. The van der Waals surface area contributed by atoms with Crippen molar-refractivity contribution in [3.05, 3.63) is 0 Å². The molecule has 1 saturated heterocycles. The molecule has 5 atom stereocenters. The summed E-state index contributed by atoms with van der Waals surface area (Å²) in [6, 6.07) is -1.69. The molecule has 0 aromatic rings. The van der Waals surface area contributed by atoms with E-state index in [1.807, 2.05) is 0 Å². The fourth-order valence-corrected chi connectivity index (χ4v) is 2.67. The second kappa shape index (κ2) is 10.6. The van der Waals surface area contributed by atoms with Crippen LogP contribution < -0.4 is 5.32 Å². The first-order valence-corrected chi connectivity index (χ1v) is 8.88. The largest absolute Gasteiger partial charge is 0.471 e. The molecule has 0 unspecified atom stereocenters. The van der Waals surface area contributed by atoms with Gasteiger partial charge in [-0.2, -0.15) is 13.2 Å². The van der Waals surface area contributed by atoms with Gasteiger partial charge in [0.1, 0.15) is 18.8 Å². The van der Waals surface area contributed by atoms with Crippen LogP contribution in [-0.2, 0) is 42.9 Å². The summed E-state index contributed by atoms with van der Waals surface area (Å²) in [7, 11) is 0. The quantitative estimate of drug-likeness (QED) is 0.445. The van der Waals surface area contributed by atoms with E-state index in [4.69, 9.17) is 23.7 Å². The van der Waals surface area contributed by atoms with E-state index in [0.717, 1.165) is 20.8 Å². The number of halogens is 3. The number of carbonyl (C=O) groups excluding carboxylic acids is 4. The van der Waals surface area contributed by atoms with Crippen LogP contribution in [0.5, 0.6) is 0 Å². The Labute approximate surface area is 170 Å². The second-order valence-electron chi connectivity index (χ2n) is 6.68. The van der Waals surface area contributed by atoms with Crippen molar-refractivity contribution >= 4 is 23.8 Å². The van der Waals surface area contributed by atoms with Crippen LogP contribution in [0.2, 0.25) is 0 Å². The lowest BCUT2D eigenvalue weighted by Gasteiger charge is -2.45. The van der Waals surface area contributed by atoms with Crippen molar-refractivity contribution in [2.24, 2.45) is 0 Å². The number of ether oxygens (including phenoxy) is 5. The van der Waals surface area contributed by atoms with Crippen molar-refractivity contribution in [2.45, 2.75) is 77.5 Å². The van der Waals surface area contributed by atoms with Gasteiger partial charge in [0, 0.05) is 20.8 Å². The predicted molar refractivity (Wildman–Crippen MR) is 90.6 cm³/mol. The lowest BCUT2D eigenvalue weighted by Crippen LogP contribution is -2.67. The smallest absolute Gasteiger partial charge is 0.463 e. The number of rotatable bonds is 7. The van der Waals surface area contributed by atoms with Crippen LogP contribution in [0.25, 0.3) is 0 Å². The van der Waals surface area contributed by atoms with Crippen LogP contribution in [0, 0.1) is 0 Å². The molecular weight excluding hydrogens is 419 g/mol. The van der Waals surface area contributed by atoms with Gasteiger partial charge in [0.15, 0.2) is 18.5 Å². The Balaban J connectivity index is 3.37. The lowest BCUT2D eigenvalue weighted by molar-refractivity contribution is -0.286. The Kier molecular flexibility index (Phi) is 9.03. The molecule has 0 spiro atoms. The Hall–Kier alpha value is -2.41. The normalized spacial score (nSPS) is 26.6. The second-order valence-corrected chi connectivity index (χ2v) is 6.68. The monoisotopic (exact) mass is 443 g/mol. The summed E-state index contributed by atoms with van der Waals surface area (Å²) in [5, 5.41) is 1.67. The van der Waals surface area contributed by atoms with Crippen LogP contribution in [0.3, 0.4) is 0 Å². The maximum atomic E-state index is 12.8. The van der Waals surface area contributed by atoms with Gasteiger partial charge < -0.3 is 29.0 Å². The van der Waals surface area contributed by atoms with Gasteiger partial charge in [-0.1, -0.05) is 0 Å². The van der Waals surface area contributed by atoms with Crippen molar-refractivity contribution < 1.29 is 56.0 Å². The van der Waals surface area contributed by atoms with Gasteiger partial charge in [-0.25, -0.2) is 0 Å². The maximum absolute atomic E-state index is 12.8. The van der Waals surface area contributed by atoms with E-state index in [9.17, 15) is 32.3 Å². The van der Waals surface area contributed by atoms with E-state index in [1.54, 1.807) is 19.2 Å². The molecule has 1 aliphatic heterocycles. The zero-order chi connectivity index (χ0) is 23.2. The summed E-state index contributed by atoms with van der Waals surface area (Å²) in [4.78, 5) is 45.9. The predicted octanol–water partition coefficient (Wildman–Crippen LogP) is 0.610. The SMILES string of the molecule is CC(=O)OC[C@H]1O[C@@H](OC(C)C)[C@H](NC(=O)C(F)(F)F)[C@@H](OC(C)=O)[C@H]1OC(C)=O. The van der Waals surface area contributed by atoms with Gasteiger partial charge in [0.05, 0.1) is 6.10 Å². The average Bonchev–Trinajstić information content (AvgIpc) is 2.56. The van der Waals surface area contributed by atoms with Gasteiger partial charge >= 0.3 is 30.0 Å². The summed E-state index contributed by atoms with van der Waals surface area (Å²) in [5.74, 6) is -4.86. The number of hydrogen-bond acceptors (Lipinski definition) is 9. The minimum absolute atomic E-state index is 0.483. The van der Waals surface area contributed by atoms with E-state index in [0.29, 0.717) is 0 Å². The molecule has 1 amide bonds. The standard InChI is InChI=1S/C17H24F3NO9/c1-7(2)27-15-12(21-16(25)17(18,19)20)14(29-10(5)24)13(28-9(4)23)11(30-15)6-26-8(3)22/h7,11-15H,6H2,1-5H3,(H,21,25)/t11-,12-,13+,14-,15-/m1/s1. The number of amides is 1. The van der Waals surface area contributed by atoms with Crippen molar-refractivity contribution in [1.29, 1.82) is 0 Å². The van der Waals surface area contributed by atoms with Gasteiger partial charge in [0.2, 0.25) is 0 Å². The molecular formula is C17H24F3NO9. The summed E-state index contributed by atoms with van der Waals surface area (Å²) in [6.45, 7) is 5.69. The minimum Gasteiger partial charge on any atom is -0.463 e. The van der Waals surface area contributed by atoms with E-state index in [2.05, 4.69) is 0 Å². The highest BCUT2D eigenvalue weighted by Gasteiger charge is 2.53. The minimum atomic E-state index is -5.26. The van der Waals surface area contributed by atoms with E-state index in [1.165, 1.54) is 0 Å². The molecule has 10 nitrogen and oxygen atoms in total. The molecule has 0 aromatic heterocycles. The third kappa shape index (κ3) is 7.78. The van der Waals surface area contributed by atoms with Crippen molar-refractivity contribution in [1.82, 2.24) is 5.32 Å². The van der Waals surface area contributed by atoms with Crippen LogP contribution in [-0.4, -0.2) is 73.3 Å². The molecule has 1 N–H and O–H groups in total. The van der Waals surface area contributed by atoms with E-state index < -0.39 is 73.3 Å². The molecule has 0 aromatic carbocycles. The maximum Gasteiger partial charge on any atom is 0.471 e. The summed E-state index contributed by atoms with van der Waals surface area (Å²) in [6.07, 6.45) is -11.8. The number of carbonyl (C=O) groups is 4. The van der Waals surface area contributed by atoms with Gasteiger partial charge in [-0.3, -0.25) is 19.2 Å². The van der Waals surface area contributed by atoms with Crippen LogP contribution in [0.4, 0.5) is 13.2 Å². The molecule has 0 bridgehead atoms. The Morgan fingerprint density at radius 2 is 1.50 bits per heavy atom. The number of alkyl halides is 3. The number of nitrogens with one attached hydrogen (secondary N) is 1. The zero-order valence-corrected chi connectivity index (χ0v) is 17.0. The fourth-order valence-electron chi connectivity index (χ4n) is 2.67. The summed E-state index contributed by atoms with van der Waals surface area (Å²) < 4.78 is 64.5.